The van der Waals surface area contributed by atoms with Crippen LogP contribution >= 0.6 is 0 Å². The molecule has 6 heteroatoms. The molecule has 0 saturated carbocycles. The van der Waals surface area contributed by atoms with Gasteiger partial charge in [-0.1, -0.05) is 30.3 Å². The van der Waals surface area contributed by atoms with Crippen molar-refractivity contribution in [3.63, 3.8) is 0 Å². The quantitative estimate of drug-likeness (QED) is 0.670. The first-order chi connectivity index (χ1) is 15.0. The molecule has 3 aromatic rings. The van der Waals surface area contributed by atoms with E-state index < -0.39 is 0 Å². The molecule has 2 amide bonds. The van der Waals surface area contributed by atoms with Gasteiger partial charge in [-0.2, -0.15) is 0 Å². The second-order valence-electron chi connectivity index (χ2n) is 7.43. The molecule has 158 valence electrons. The minimum Gasteiger partial charge on any atom is -0.497 e. The number of carbonyl (C=O) groups excluding carboxylic acids is 2. The van der Waals surface area contributed by atoms with E-state index in [1.54, 1.807) is 12.0 Å². The van der Waals surface area contributed by atoms with Crippen molar-refractivity contribution in [1.82, 2.24) is 0 Å². The summed E-state index contributed by atoms with van der Waals surface area (Å²) in [6, 6.07) is 21.4. The lowest BCUT2D eigenvalue weighted by Crippen LogP contribution is -2.32. The Kier molecular flexibility index (Phi) is 6.00. The van der Waals surface area contributed by atoms with Crippen LogP contribution < -0.4 is 15.0 Å². The van der Waals surface area contributed by atoms with Crippen molar-refractivity contribution < 1.29 is 19.1 Å². The van der Waals surface area contributed by atoms with E-state index >= 15 is 0 Å². The van der Waals surface area contributed by atoms with Gasteiger partial charge in [0.05, 0.1) is 20.3 Å². The molecule has 1 heterocycles. The predicted octanol–water partition coefficient (Wildman–Crippen LogP) is 4.38. The average molecular weight is 416 g/mol. The number of methoxy groups -OCH3 is 1. The highest BCUT2D eigenvalue weighted by molar-refractivity contribution is 5.96. The molecule has 3 aromatic carbocycles. The predicted molar refractivity (Wildman–Crippen MR) is 120 cm³/mol. The Labute approximate surface area is 181 Å². The SMILES string of the molecule is COc1cccc(CN2C(=O)COCc3cc(-c4cccc(NC(C)=O)c4)ccc32)c1. The minimum absolute atomic E-state index is 0.0337. The van der Waals surface area contributed by atoms with E-state index in [2.05, 4.69) is 5.32 Å². The number of amides is 2. The van der Waals surface area contributed by atoms with Crippen molar-refractivity contribution in [3.8, 4) is 16.9 Å². The van der Waals surface area contributed by atoms with Gasteiger partial charge in [-0.15, -0.1) is 0 Å². The van der Waals surface area contributed by atoms with Gasteiger partial charge in [0.1, 0.15) is 12.4 Å². The largest absolute Gasteiger partial charge is 0.497 e. The van der Waals surface area contributed by atoms with Crippen molar-refractivity contribution in [1.29, 1.82) is 0 Å². The molecule has 0 aliphatic carbocycles. The molecule has 0 bridgehead atoms. The number of hydrogen-bond acceptors (Lipinski definition) is 4. The molecule has 0 spiro atoms. The zero-order valence-electron chi connectivity index (χ0n) is 17.6. The third kappa shape index (κ3) is 4.75. The van der Waals surface area contributed by atoms with E-state index in [1.165, 1.54) is 6.92 Å². The normalized spacial score (nSPS) is 13.4. The standard InChI is InChI=1S/C25H24N2O4/c1-17(28)26-22-7-4-6-19(13-22)20-9-10-24-21(12-20)15-31-16-25(29)27(24)14-18-5-3-8-23(11-18)30-2/h3-13H,14-16H2,1-2H3,(H,26,28). The van der Waals surface area contributed by atoms with E-state index in [9.17, 15) is 9.59 Å². The first kappa shape index (κ1) is 20.6. The van der Waals surface area contributed by atoms with Gasteiger partial charge in [-0.25, -0.2) is 0 Å². The van der Waals surface area contributed by atoms with Gasteiger partial charge in [0.25, 0.3) is 5.91 Å². The van der Waals surface area contributed by atoms with Crippen LogP contribution in [0.2, 0.25) is 0 Å². The zero-order chi connectivity index (χ0) is 21.8. The van der Waals surface area contributed by atoms with E-state index in [1.807, 2.05) is 66.7 Å². The van der Waals surface area contributed by atoms with Gasteiger partial charge >= 0.3 is 0 Å². The number of rotatable bonds is 5. The number of nitrogens with one attached hydrogen (secondary N) is 1. The molecule has 0 fully saturated rings. The van der Waals surface area contributed by atoms with Gasteiger partial charge in [0, 0.05) is 23.9 Å². The fourth-order valence-electron chi connectivity index (χ4n) is 3.71. The topological polar surface area (TPSA) is 67.9 Å². The first-order valence-electron chi connectivity index (χ1n) is 10.1. The van der Waals surface area contributed by atoms with Gasteiger partial charge < -0.3 is 19.7 Å². The third-order valence-corrected chi connectivity index (χ3v) is 5.15. The second-order valence-corrected chi connectivity index (χ2v) is 7.43. The maximum atomic E-state index is 12.8. The number of hydrogen-bond donors (Lipinski definition) is 1. The fraction of sp³-hybridized carbons (Fsp3) is 0.200. The van der Waals surface area contributed by atoms with Gasteiger partial charge in [-0.3, -0.25) is 9.59 Å². The fourth-order valence-corrected chi connectivity index (χ4v) is 3.71. The van der Waals surface area contributed by atoms with Crippen molar-refractivity contribution in [3.05, 3.63) is 77.9 Å². The lowest BCUT2D eigenvalue weighted by atomic mass is 10.0. The van der Waals surface area contributed by atoms with Gasteiger partial charge in [-0.05, 0) is 53.1 Å². The van der Waals surface area contributed by atoms with Gasteiger partial charge in [0.15, 0.2) is 0 Å². The lowest BCUT2D eigenvalue weighted by Gasteiger charge is -2.23. The summed E-state index contributed by atoms with van der Waals surface area (Å²) in [7, 11) is 1.63. The highest BCUT2D eigenvalue weighted by atomic mass is 16.5. The molecule has 6 nitrogen and oxygen atoms in total. The van der Waals surface area contributed by atoms with E-state index in [0.29, 0.717) is 13.2 Å². The van der Waals surface area contributed by atoms with E-state index in [0.717, 1.165) is 39.4 Å². The lowest BCUT2D eigenvalue weighted by molar-refractivity contribution is -0.123. The number of carbonyl (C=O) groups is 2. The maximum Gasteiger partial charge on any atom is 0.253 e. The van der Waals surface area contributed by atoms with Crippen LogP contribution in [-0.4, -0.2) is 25.5 Å². The van der Waals surface area contributed by atoms with Crippen LogP contribution in [0.5, 0.6) is 5.75 Å². The average Bonchev–Trinajstić information content (AvgIpc) is 2.92. The first-order valence-corrected chi connectivity index (χ1v) is 10.1. The Bertz CT molecular complexity index is 1130. The number of benzene rings is 3. The summed E-state index contributed by atoms with van der Waals surface area (Å²) in [5.74, 6) is 0.562. The molecular weight excluding hydrogens is 392 g/mol. The van der Waals surface area contributed by atoms with Crippen molar-refractivity contribution in [2.45, 2.75) is 20.1 Å². The molecule has 1 N–H and O–H groups in total. The highest BCUT2D eigenvalue weighted by Gasteiger charge is 2.23. The molecule has 31 heavy (non-hydrogen) atoms. The Morgan fingerprint density at radius 3 is 2.65 bits per heavy atom. The van der Waals surface area contributed by atoms with Crippen molar-refractivity contribution >= 4 is 23.2 Å². The summed E-state index contributed by atoms with van der Waals surface area (Å²) in [5.41, 5.74) is 5.47. The Hall–Kier alpha value is -3.64. The van der Waals surface area contributed by atoms with Gasteiger partial charge in [0.2, 0.25) is 5.91 Å². The molecule has 0 aromatic heterocycles. The van der Waals surface area contributed by atoms with Crippen LogP contribution in [0.1, 0.15) is 18.1 Å². The molecule has 4 rings (SSSR count). The Morgan fingerprint density at radius 1 is 1.03 bits per heavy atom. The molecule has 0 radical (unpaired) electrons. The smallest absolute Gasteiger partial charge is 0.253 e. The van der Waals surface area contributed by atoms with Crippen LogP contribution in [0.25, 0.3) is 11.1 Å². The molecule has 0 saturated heterocycles. The number of ether oxygens (including phenoxy) is 2. The van der Waals surface area contributed by atoms with Crippen LogP contribution in [0.4, 0.5) is 11.4 Å². The summed E-state index contributed by atoms with van der Waals surface area (Å²) in [4.78, 5) is 25.9. The van der Waals surface area contributed by atoms with E-state index in [-0.39, 0.29) is 18.4 Å². The minimum atomic E-state index is -0.112. The molecule has 1 aliphatic heterocycles. The third-order valence-electron chi connectivity index (χ3n) is 5.15. The van der Waals surface area contributed by atoms with Crippen molar-refractivity contribution in [2.24, 2.45) is 0 Å². The molecule has 0 atom stereocenters. The summed E-state index contributed by atoms with van der Waals surface area (Å²) in [6.07, 6.45) is 0. The van der Waals surface area contributed by atoms with Crippen molar-refractivity contribution in [2.75, 3.05) is 23.9 Å². The molecule has 0 unspecified atom stereocenters. The van der Waals surface area contributed by atoms with Crippen LogP contribution in [0.3, 0.4) is 0 Å². The van der Waals surface area contributed by atoms with Crippen LogP contribution in [-0.2, 0) is 27.5 Å². The molecular formula is C25H24N2O4. The monoisotopic (exact) mass is 416 g/mol. The Balaban J connectivity index is 1.67. The van der Waals surface area contributed by atoms with E-state index in [4.69, 9.17) is 9.47 Å². The summed E-state index contributed by atoms with van der Waals surface area (Å²) in [6.45, 7) is 2.31. The second kappa shape index (κ2) is 9.02. The highest BCUT2D eigenvalue weighted by Crippen LogP contribution is 2.32. The zero-order valence-corrected chi connectivity index (χ0v) is 17.6. The number of nitrogens with zero attached hydrogens (tertiary/aromatic N) is 1. The number of anilines is 2. The summed E-state index contributed by atoms with van der Waals surface area (Å²) >= 11 is 0. The van der Waals surface area contributed by atoms with Crippen LogP contribution in [0, 0.1) is 0 Å². The van der Waals surface area contributed by atoms with Crippen LogP contribution in [0.15, 0.2) is 66.7 Å². The molecule has 1 aliphatic rings. The summed E-state index contributed by atoms with van der Waals surface area (Å²) < 4.78 is 10.9. The maximum absolute atomic E-state index is 12.8. The Morgan fingerprint density at radius 2 is 1.84 bits per heavy atom. The number of fused-ring (bicyclic) bond motifs is 1. The summed E-state index contributed by atoms with van der Waals surface area (Å²) in [5, 5.41) is 2.81.